The SMILES string of the molecule is C=C.CCC(=O)c1c[nH]c2ccccc12.CCCN(c1nc(C(C)C)cc(-c2ccccc2)c1C)C(CC)c1ccccc1. The molecule has 1 N–H and O–H groups in total. The van der Waals surface area contributed by atoms with Crippen LogP contribution in [0, 0.1) is 6.92 Å². The highest BCUT2D eigenvalue weighted by molar-refractivity contribution is 6.07. The van der Waals surface area contributed by atoms with Crippen molar-refractivity contribution in [3.05, 3.63) is 133 Å². The predicted octanol–water partition coefficient (Wildman–Crippen LogP) is 11.1. The van der Waals surface area contributed by atoms with E-state index in [9.17, 15) is 4.79 Å². The van der Waals surface area contributed by atoms with Gasteiger partial charge in [-0.05, 0) is 60.1 Å². The van der Waals surface area contributed by atoms with E-state index in [1.165, 1.54) is 22.3 Å². The number of nitrogens with zero attached hydrogens (tertiary/aromatic N) is 2. The number of aromatic nitrogens is 2. The molecule has 0 saturated heterocycles. The molecule has 0 fully saturated rings. The molecule has 1 atom stereocenters. The molecule has 0 radical (unpaired) electrons. The molecule has 4 nitrogen and oxygen atoms in total. The first-order valence-corrected chi connectivity index (χ1v) is 15.9. The molecule has 1 unspecified atom stereocenters. The standard InChI is InChI=1S/C27H34N2.C11H11NO.C2H4/c1-6-18-29(26(7-2)23-16-12-9-13-17-23)27-21(5)24(19-25(28-27)20(3)4)22-14-10-8-11-15-22;1-2-11(13)9-7-12-10-6-4-3-5-8(9)10;1-2/h8-17,19-20,26H,6-7,18H2,1-5H3;3-7,12H,2H2,1H3;1-2H2. The number of ketones is 1. The Hall–Kier alpha value is -4.44. The number of benzene rings is 3. The number of para-hydroxylation sites is 1. The van der Waals surface area contributed by atoms with E-state index in [0.29, 0.717) is 18.4 Å². The first-order valence-electron chi connectivity index (χ1n) is 15.9. The highest BCUT2D eigenvalue weighted by Crippen LogP contribution is 2.37. The second-order valence-electron chi connectivity index (χ2n) is 11.1. The highest BCUT2D eigenvalue weighted by atomic mass is 16.1. The van der Waals surface area contributed by atoms with Crippen LogP contribution >= 0.6 is 0 Å². The van der Waals surface area contributed by atoms with Gasteiger partial charge in [-0.1, -0.05) is 113 Å². The van der Waals surface area contributed by atoms with E-state index >= 15 is 0 Å². The van der Waals surface area contributed by atoms with Gasteiger partial charge in [0.1, 0.15) is 5.82 Å². The number of anilines is 1. The minimum atomic E-state index is 0.192. The maximum atomic E-state index is 11.5. The van der Waals surface area contributed by atoms with Gasteiger partial charge in [-0.2, -0.15) is 0 Å². The van der Waals surface area contributed by atoms with Gasteiger partial charge in [0.15, 0.2) is 5.78 Å². The minimum absolute atomic E-state index is 0.192. The smallest absolute Gasteiger partial charge is 0.164 e. The third-order valence-corrected chi connectivity index (χ3v) is 7.84. The number of hydrogen-bond acceptors (Lipinski definition) is 3. The fourth-order valence-corrected chi connectivity index (χ4v) is 5.56. The van der Waals surface area contributed by atoms with Crippen molar-refractivity contribution in [2.75, 3.05) is 11.4 Å². The van der Waals surface area contributed by atoms with E-state index in [4.69, 9.17) is 4.98 Å². The molecule has 0 spiro atoms. The van der Waals surface area contributed by atoms with Crippen LogP contribution in [0.25, 0.3) is 22.0 Å². The van der Waals surface area contributed by atoms with E-state index in [1.54, 1.807) is 6.20 Å². The summed E-state index contributed by atoms with van der Waals surface area (Å²) in [5.41, 5.74) is 8.18. The maximum Gasteiger partial charge on any atom is 0.164 e. The number of carbonyl (C=O) groups is 1. The van der Waals surface area contributed by atoms with Crippen molar-refractivity contribution in [1.82, 2.24) is 9.97 Å². The Bertz CT molecular complexity index is 1590. The Labute approximate surface area is 264 Å². The molecule has 44 heavy (non-hydrogen) atoms. The van der Waals surface area contributed by atoms with E-state index in [-0.39, 0.29) is 5.78 Å². The zero-order valence-electron chi connectivity index (χ0n) is 27.4. The number of nitrogens with one attached hydrogen (secondary N) is 1. The van der Waals surface area contributed by atoms with Gasteiger partial charge in [0, 0.05) is 41.3 Å². The van der Waals surface area contributed by atoms with E-state index in [1.807, 2.05) is 31.2 Å². The van der Waals surface area contributed by atoms with Crippen molar-refractivity contribution in [2.24, 2.45) is 0 Å². The van der Waals surface area contributed by atoms with Gasteiger partial charge in [0.05, 0.1) is 6.04 Å². The topological polar surface area (TPSA) is 49.0 Å². The number of rotatable bonds is 10. The Kier molecular flexibility index (Phi) is 13.2. The summed E-state index contributed by atoms with van der Waals surface area (Å²) in [6.45, 7) is 20.1. The van der Waals surface area contributed by atoms with Crippen molar-refractivity contribution in [1.29, 1.82) is 0 Å². The number of carbonyl (C=O) groups excluding carboxylic acids is 1. The fourth-order valence-electron chi connectivity index (χ4n) is 5.56. The Morgan fingerprint density at radius 3 is 2.09 bits per heavy atom. The van der Waals surface area contributed by atoms with E-state index in [2.05, 4.69) is 124 Å². The van der Waals surface area contributed by atoms with Gasteiger partial charge < -0.3 is 9.88 Å². The number of Topliss-reactive ketones (excluding diaryl/α,β-unsaturated/α-hetero) is 1. The van der Waals surface area contributed by atoms with Crippen molar-refractivity contribution in [3.8, 4) is 11.1 Å². The van der Waals surface area contributed by atoms with Crippen molar-refractivity contribution < 1.29 is 4.79 Å². The summed E-state index contributed by atoms with van der Waals surface area (Å²) >= 11 is 0. The third-order valence-electron chi connectivity index (χ3n) is 7.84. The number of hydrogen-bond donors (Lipinski definition) is 1. The van der Waals surface area contributed by atoms with Crippen LogP contribution in [0.4, 0.5) is 5.82 Å². The number of aromatic amines is 1. The lowest BCUT2D eigenvalue weighted by Gasteiger charge is -2.34. The molecule has 0 aliphatic carbocycles. The predicted molar refractivity (Wildman–Crippen MR) is 190 cm³/mol. The van der Waals surface area contributed by atoms with E-state index in [0.717, 1.165) is 47.4 Å². The molecule has 2 heterocycles. The second-order valence-corrected chi connectivity index (χ2v) is 11.1. The summed E-state index contributed by atoms with van der Waals surface area (Å²) in [5, 5.41) is 1.02. The van der Waals surface area contributed by atoms with Crippen LogP contribution in [0.2, 0.25) is 0 Å². The largest absolute Gasteiger partial charge is 0.360 e. The third kappa shape index (κ3) is 8.13. The van der Waals surface area contributed by atoms with Crippen LogP contribution in [0.5, 0.6) is 0 Å². The van der Waals surface area contributed by atoms with Crippen molar-refractivity contribution in [2.45, 2.75) is 72.8 Å². The van der Waals surface area contributed by atoms with Crippen LogP contribution in [-0.2, 0) is 0 Å². The lowest BCUT2D eigenvalue weighted by atomic mass is 9.96. The van der Waals surface area contributed by atoms with Gasteiger partial charge in [0.2, 0.25) is 0 Å². The normalized spacial score (nSPS) is 11.2. The molecule has 4 heteroatoms. The van der Waals surface area contributed by atoms with Crippen LogP contribution in [0.1, 0.15) is 93.0 Å². The summed E-state index contributed by atoms with van der Waals surface area (Å²) in [5.74, 6) is 1.71. The molecular formula is C40H49N3O. The lowest BCUT2D eigenvalue weighted by molar-refractivity contribution is 0.0989. The average Bonchev–Trinajstić information content (AvgIpc) is 3.51. The highest BCUT2D eigenvalue weighted by Gasteiger charge is 2.24. The quantitative estimate of drug-likeness (QED) is 0.131. The van der Waals surface area contributed by atoms with Gasteiger partial charge in [-0.15, -0.1) is 13.2 Å². The molecule has 230 valence electrons. The monoisotopic (exact) mass is 587 g/mol. The molecule has 0 aliphatic heterocycles. The average molecular weight is 588 g/mol. The van der Waals surface area contributed by atoms with E-state index < -0.39 is 0 Å². The van der Waals surface area contributed by atoms with Crippen LogP contribution in [-0.4, -0.2) is 22.3 Å². The first kappa shape index (κ1) is 34.1. The molecule has 3 aromatic carbocycles. The summed E-state index contributed by atoms with van der Waals surface area (Å²) < 4.78 is 0. The van der Waals surface area contributed by atoms with Gasteiger partial charge in [-0.3, -0.25) is 4.79 Å². The van der Waals surface area contributed by atoms with Crippen molar-refractivity contribution >= 4 is 22.5 Å². The number of pyridine rings is 1. The molecule has 5 aromatic rings. The molecular weight excluding hydrogens is 538 g/mol. The van der Waals surface area contributed by atoms with Gasteiger partial charge in [-0.25, -0.2) is 4.98 Å². The van der Waals surface area contributed by atoms with Crippen LogP contribution < -0.4 is 4.90 Å². The lowest BCUT2D eigenvalue weighted by Crippen LogP contribution is -2.31. The Balaban J connectivity index is 0.000000292. The van der Waals surface area contributed by atoms with Gasteiger partial charge >= 0.3 is 0 Å². The van der Waals surface area contributed by atoms with Crippen LogP contribution in [0.3, 0.4) is 0 Å². The molecule has 0 saturated carbocycles. The number of fused-ring (bicyclic) bond motifs is 1. The summed E-state index contributed by atoms with van der Waals surface area (Å²) in [7, 11) is 0. The fraction of sp³-hybridized carbons (Fsp3) is 0.300. The minimum Gasteiger partial charge on any atom is -0.360 e. The van der Waals surface area contributed by atoms with Crippen molar-refractivity contribution in [3.63, 3.8) is 0 Å². The first-order chi connectivity index (χ1) is 21.4. The molecule has 5 rings (SSSR count). The summed E-state index contributed by atoms with van der Waals surface area (Å²) in [4.78, 5) is 22.3. The van der Waals surface area contributed by atoms with Crippen LogP contribution in [0.15, 0.2) is 110 Å². The molecule has 2 aromatic heterocycles. The summed E-state index contributed by atoms with van der Waals surface area (Å²) in [6, 6.07) is 32.0. The Morgan fingerprint density at radius 2 is 1.50 bits per heavy atom. The Morgan fingerprint density at radius 1 is 0.886 bits per heavy atom. The summed E-state index contributed by atoms with van der Waals surface area (Å²) in [6.07, 6.45) is 4.49. The molecule has 0 amide bonds. The molecule has 0 bridgehead atoms. The molecule has 0 aliphatic rings. The zero-order valence-corrected chi connectivity index (χ0v) is 27.4. The second kappa shape index (κ2) is 17.0. The maximum absolute atomic E-state index is 11.5. The number of H-pyrrole nitrogens is 1. The van der Waals surface area contributed by atoms with Gasteiger partial charge in [0.25, 0.3) is 0 Å². The zero-order chi connectivity index (χ0) is 32.1.